The van der Waals surface area contributed by atoms with Gasteiger partial charge >= 0.3 is 6.18 Å². The number of ketones is 1. The molecule has 0 aliphatic carbocycles. The Morgan fingerprint density at radius 2 is 1.73 bits per heavy atom. The first-order chi connectivity index (χ1) is 17.3. The molecule has 1 aliphatic rings. The Morgan fingerprint density at radius 1 is 1.00 bits per heavy atom. The number of pyridine rings is 1. The summed E-state index contributed by atoms with van der Waals surface area (Å²) in [5.41, 5.74) is 1.50. The summed E-state index contributed by atoms with van der Waals surface area (Å²) in [6, 6.07) is 12.5. The normalized spacial score (nSPS) is 17.9. The smallest absolute Gasteiger partial charge is 0.416 e. The fourth-order valence-electron chi connectivity index (χ4n) is 4.46. The number of hydrogen-bond acceptors (Lipinski definition) is 4. The lowest BCUT2D eigenvalue weighted by atomic mass is 9.84. The third kappa shape index (κ3) is 5.14. The summed E-state index contributed by atoms with van der Waals surface area (Å²) in [6.45, 7) is 7.59. The number of carbonyl (C=O) groups is 2. The van der Waals surface area contributed by atoms with Gasteiger partial charge in [-0.25, -0.2) is 0 Å². The number of aliphatic hydroxyl groups excluding tert-OH is 1. The van der Waals surface area contributed by atoms with Crippen LogP contribution in [0.1, 0.15) is 60.2 Å². The van der Waals surface area contributed by atoms with Gasteiger partial charge in [-0.15, -0.1) is 0 Å². The Bertz CT molecular complexity index is 1390. The highest BCUT2D eigenvalue weighted by atomic mass is 19.4. The molecule has 1 aliphatic heterocycles. The monoisotopic (exact) mass is 508 g/mol. The molecule has 37 heavy (non-hydrogen) atoms. The van der Waals surface area contributed by atoms with E-state index in [9.17, 15) is 27.9 Å². The van der Waals surface area contributed by atoms with Gasteiger partial charge in [-0.05, 0) is 58.9 Å². The van der Waals surface area contributed by atoms with Crippen molar-refractivity contribution in [3.05, 3.63) is 106 Å². The zero-order valence-electron chi connectivity index (χ0n) is 20.9. The highest BCUT2D eigenvalue weighted by molar-refractivity contribution is 6.46. The lowest BCUT2D eigenvalue weighted by Gasteiger charge is -2.26. The van der Waals surface area contributed by atoms with Gasteiger partial charge in [0.15, 0.2) is 0 Å². The number of alkyl halides is 3. The maximum atomic E-state index is 13.3. The molecule has 1 unspecified atom stereocenters. The average Bonchev–Trinajstić information content (AvgIpc) is 3.08. The van der Waals surface area contributed by atoms with Gasteiger partial charge in [0.25, 0.3) is 11.7 Å². The van der Waals surface area contributed by atoms with Gasteiger partial charge in [-0.3, -0.25) is 14.6 Å². The van der Waals surface area contributed by atoms with Gasteiger partial charge in [0.1, 0.15) is 5.76 Å². The third-order valence-electron chi connectivity index (χ3n) is 6.51. The quantitative estimate of drug-likeness (QED) is 0.254. The Kier molecular flexibility index (Phi) is 6.71. The zero-order valence-corrected chi connectivity index (χ0v) is 20.9. The summed E-state index contributed by atoms with van der Waals surface area (Å²) in [6.07, 6.45) is -1.55. The molecule has 8 heteroatoms. The van der Waals surface area contributed by atoms with Crippen LogP contribution in [0.15, 0.2) is 72.6 Å². The second kappa shape index (κ2) is 9.50. The van der Waals surface area contributed by atoms with E-state index in [0.717, 1.165) is 17.7 Å². The molecule has 192 valence electrons. The number of rotatable bonds is 4. The molecule has 0 spiro atoms. The molecule has 1 saturated heterocycles. The van der Waals surface area contributed by atoms with E-state index in [4.69, 9.17) is 0 Å². The molecule has 4 rings (SSSR count). The van der Waals surface area contributed by atoms with E-state index in [-0.39, 0.29) is 28.9 Å². The molecule has 5 nitrogen and oxygen atoms in total. The summed E-state index contributed by atoms with van der Waals surface area (Å²) in [5.74, 6) is -2.14. The summed E-state index contributed by atoms with van der Waals surface area (Å²) in [5, 5.41) is 11.5. The van der Waals surface area contributed by atoms with E-state index in [0.29, 0.717) is 16.7 Å². The summed E-state index contributed by atoms with van der Waals surface area (Å²) in [7, 11) is 0. The van der Waals surface area contributed by atoms with Gasteiger partial charge in [-0.2, -0.15) is 13.2 Å². The van der Waals surface area contributed by atoms with Crippen molar-refractivity contribution < 1.29 is 27.9 Å². The highest BCUT2D eigenvalue weighted by Gasteiger charge is 2.46. The van der Waals surface area contributed by atoms with Crippen molar-refractivity contribution in [3.63, 3.8) is 0 Å². The maximum absolute atomic E-state index is 13.3. The SMILES string of the molecule is Cc1ccc(C(C)(C)C)cc1/C(O)=C1\C(=O)C(=O)N(Cc2cccc(C(F)(F)F)c2)C1c1cccnc1. The van der Waals surface area contributed by atoms with Crippen LogP contribution >= 0.6 is 0 Å². The third-order valence-corrected chi connectivity index (χ3v) is 6.51. The number of likely N-dealkylation sites (tertiary alicyclic amines) is 1. The van der Waals surface area contributed by atoms with Crippen molar-refractivity contribution in [1.29, 1.82) is 0 Å². The number of aromatic nitrogens is 1. The molecule has 0 radical (unpaired) electrons. The van der Waals surface area contributed by atoms with E-state index < -0.39 is 29.5 Å². The van der Waals surface area contributed by atoms with E-state index in [1.54, 1.807) is 25.1 Å². The molecule has 2 aromatic carbocycles. The van der Waals surface area contributed by atoms with Crippen molar-refractivity contribution in [3.8, 4) is 0 Å². The zero-order chi connectivity index (χ0) is 27.1. The highest BCUT2D eigenvalue weighted by Crippen LogP contribution is 2.41. The van der Waals surface area contributed by atoms with Gasteiger partial charge < -0.3 is 10.0 Å². The number of nitrogens with zero attached hydrogens (tertiary/aromatic N) is 2. The molecule has 1 N–H and O–H groups in total. The van der Waals surface area contributed by atoms with Crippen LogP contribution in [0.4, 0.5) is 13.2 Å². The number of halogens is 3. The fourth-order valence-corrected chi connectivity index (χ4v) is 4.46. The topological polar surface area (TPSA) is 70.5 Å². The molecule has 3 aromatic rings. The molecule has 1 amide bonds. The first kappa shape index (κ1) is 26.1. The van der Waals surface area contributed by atoms with Crippen molar-refractivity contribution in [2.24, 2.45) is 0 Å². The van der Waals surface area contributed by atoms with Crippen molar-refractivity contribution in [2.45, 2.75) is 51.9 Å². The Balaban J connectivity index is 1.87. The molecule has 2 heterocycles. The lowest BCUT2D eigenvalue weighted by Crippen LogP contribution is -2.29. The van der Waals surface area contributed by atoms with Gasteiger partial charge in [0, 0.05) is 24.5 Å². The predicted octanol–water partition coefficient (Wildman–Crippen LogP) is 6.33. The number of amides is 1. The second-order valence-electron chi connectivity index (χ2n) is 10.2. The molecular formula is C29H27F3N2O3. The van der Waals surface area contributed by atoms with Crippen LogP contribution in [0.5, 0.6) is 0 Å². The van der Waals surface area contributed by atoms with E-state index in [1.165, 1.54) is 29.4 Å². The number of carbonyl (C=O) groups excluding carboxylic acids is 2. The average molecular weight is 509 g/mol. The van der Waals surface area contributed by atoms with Crippen LogP contribution in [0.3, 0.4) is 0 Å². The molecule has 1 aromatic heterocycles. The van der Waals surface area contributed by atoms with Gasteiger partial charge in [-0.1, -0.05) is 51.1 Å². The summed E-state index contributed by atoms with van der Waals surface area (Å²) < 4.78 is 39.9. The van der Waals surface area contributed by atoms with Crippen LogP contribution in [0.2, 0.25) is 0 Å². The minimum absolute atomic E-state index is 0.126. The second-order valence-corrected chi connectivity index (χ2v) is 10.2. The maximum Gasteiger partial charge on any atom is 0.416 e. The van der Waals surface area contributed by atoms with Crippen molar-refractivity contribution in [1.82, 2.24) is 9.88 Å². The van der Waals surface area contributed by atoms with Gasteiger partial charge in [0.2, 0.25) is 0 Å². The Morgan fingerprint density at radius 3 is 2.35 bits per heavy atom. The van der Waals surface area contributed by atoms with Crippen molar-refractivity contribution >= 4 is 17.4 Å². The summed E-state index contributed by atoms with van der Waals surface area (Å²) in [4.78, 5) is 31.8. The predicted molar refractivity (Wildman–Crippen MR) is 133 cm³/mol. The van der Waals surface area contributed by atoms with E-state index in [1.807, 2.05) is 32.9 Å². The standard InChI is InChI=1S/C29H27F3N2O3/c1-17-10-11-20(28(2,3)4)14-22(17)25(35)23-24(19-8-6-12-33-15-19)34(27(37)26(23)36)16-18-7-5-9-21(13-18)29(30,31)32/h5-15,24,35H,16H2,1-4H3/b25-23+. The van der Waals surface area contributed by atoms with Crippen LogP contribution in [-0.4, -0.2) is 26.7 Å². The minimum Gasteiger partial charge on any atom is -0.507 e. The van der Waals surface area contributed by atoms with E-state index in [2.05, 4.69) is 4.98 Å². The van der Waals surface area contributed by atoms with Gasteiger partial charge in [0.05, 0.1) is 17.2 Å². The van der Waals surface area contributed by atoms with Crippen LogP contribution in [0, 0.1) is 6.92 Å². The number of Topliss-reactive ketones (excluding diaryl/α,β-unsaturated/α-hetero) is 1. The minimum atomic E-state index is -4.55. The molecule has 0 saturated carbocycles. The lowest BCUT2D eigenvalue weighted by molar-refractivity contribution is -0.140. The fraction of sp³-hybridized carbons (Fsp3) is 0.276. The Labute approximate surface area is 213 Å². The van der Waals surface area contributed by atoms with Crippen LogP contribution in [-0.2, 0) is 27.7 Å². The largest absolute Gasteiger partial charge is 0.507 e. The number of aliphatic hydroxyl groups is 1. The number of benzene rings is 2. The summed E-state index contributed by atoms with van der Waals surface area (Å²) >= 11 is 0. The molecule has 1 atom stereocenters. The van der Waals surface area contributed by atoms with E-state index >= 15 is 0 Å². The first-order valence-corrected chi connectivity index (χ1v) is 11.7. The Hall–Kier alpha value is -3.94. The first-order valence-electron chi connectivity index (χ1n) is 11.7. The number of aryl methyl sites for hydroxylation is 1. The number of hydrogen-bond donors (Lipinski definition) is 1. The van der Waals surface area contributed by atoms with Crippen molar-refractivity contribution in [2.75, 3.05) is 0 Å². The molecular weight excluding hydrogens is 481 g/mol. The molecule has 1 fully saturated rings. The van der Waals surface area contributed by atoms with Crippen LogP contribution < -0.4 is 0 Å². The molecule has 0 bridgehead atoms. The van der Waals surface area contributed by atoms with Crippen LogP contribution in [0.25, 0.3) is 5.76 Å².